The topological polar surface area (TPSA) is 68.8 Å². The minimum atomic E-state index is -0.229. The zero-order valence-electron chi connectivity index (χ0n) is 11.9. The van der Waals surface area contributed by atoms with Gasteiger partial charge >= 0.3 is 0 Å². The number of rotatable bonds is 5. The van der Waals surface area contributed by atoms with Gasteiger partial charge in [0.1, 0.15) is 0 Å². The predicted molar refractivity (Wildman–Crippen MR) is 75.4 cm³/mol. The second-order valence-electron chi connectivity index (χ2n) is 4.61. The number of carbonyl (C=O) groups is 1. The van der Waals surface area contributed by atoms with Crippen molar-refractivity contribution in [3.8, 4) is 11.5 Å². The maximum Gasteiger partial charge on any atom is 0.241 e. The highest BCUT2D eigenvalue weighted by Gasteiger charge is 2.29. The Bertz CT molecular complexity index is 478. The van der Waals surface area contributed by atoms with Gasteiger partial charge in [0.05, 0.1) is 26.4 Å². The normalized spacial score (nSPS) is 21.6. The fourth-order valence-corrected chi connectivity index (χ4v) is 2.23. The van der Waals surface area contributed by atoms with Crippen LogP contribution in [0.1, 0.15) is 6.42 Å². The third-order valence-corrected chi connectivity index (χ3v) is 3.39. The third kappa shape index (κ3) is 3.20. The fourth-order valence-electron chi connectivity index (χ4n) is 2.23. The van der Waals surface area contributed by atoms with Gasteiger partial charge in [-0.25, -0.2) is 0 Å². The number of amides is 1. The van der Waals surface area contributed by atoms with E-state index in [-0.39, 0.29) is 18.1 Å². The van der Waals surface area contributed by atoms with Gasteiger partial charge in [0, 0.05) is 25.4 Å². The average Bonchev–Trinajstić information content (AvgIpc) is 2.96. The zero-order chi connectivity index (χ0) is 14.5. The van der Waals surface area contributed by atoms with Crippen molar-refractivity contribution in [1.82, 2.24) is 5.32 Å². The van der Waals surface area contributed by atoms with Gasteiger partial charge in [-0.1, -0.05) is 0 Å². The number of methoxy groups -OCH3 is 3. The molecule has 1 saturated heterocycles. The van der Waals surface area contributed by atoms with E-state index in [1.54, 1.807) is 39.5 Å². The number of anilines is 1. The number of carbonyl (C=O) groups excluding carboxylic acids is 1. The van der Waals surface area contributed by atoms with Gasteiger partial charge in [0.2, 0.25) is 5.91 Å². The van der Waals surface area contributed by atoms with Gasteiger partial charge in [-0.2, -0.15) is 0 Å². The number of hydrogen-bond donors (Lipinski definition) is 2. The lowest BCUT2D eigenvalue weighted by molar-refractivity contribution is -0.118. The van der Waals surface area contributed by atoms with Crippen molar-refractivity contribution in [1.29, 1.82) is 0 Å². The molecule has 2 unspecified atom stereocenters. The summed E-state index contributed by atoms with van der Waals surface area (Å²) in [6, 6.07) is 5.05. The van der Waals surface area contributed by atoms with E-state index in [1.807, 2.05) is 0 Å². The molecule has 0 spiro atoms. The van der Waals surface area contributed by atoms with E-state index in [2.05, 4.69) is 10.6 Å². The molecule has 6 heteroatoms. The SMILES string of the molecule is COc1ccc(NC(=O)C2CC(OC)CN2)cc1OC. The Morgan fingerprint density at radius 2 is 2.00 bits per heavy atom. The van der Waals surface area contributed by atoms with E-state index in [1.165, 1.54) is 0 Å². The molecule has 2 rings (SSSR count). The summed E-state index contributed by atoms with van der Waals surface area (Å²) in [5, 5.41) is 6.00. The third-order valence-electron chi connectivity index (χ3n) is 3.39. The van der Waals surface area contributed by atoms with Crippen LogP contribution in [0.25, 0.3) is 0 Å². The Balaban J connectivity index is 2.01. The van der Waals surface area contributed by atoms with E-state index in [0.29, 0.717) is 30.2 Å². The number of hydrogen-bond acceptors (Lipinski definition) is 5. The highest BCUT2D eigenvalue weighted by atomic mass is 16.5. The molecule has 6 nitrogen and oxygen atoms in total. The first-order valence-corrected chi connectivity index (χ1v) is 6.47. The Morgan fingerprint density at radius 1 is 1.25 bits per heavy atom. The first kappa shape index (κ1) is 14.6. The molecular formula is C14H20N2O4. The molecule has 0 aliphatic carbocycles. The molecule has 110 valence electrons. The molecule has 2 atom stereocenters. The molecule has 1 aliphatic rings. The molecule has 1 aliphatic heterocycles. The van der Waals surface area contributed by atoms with Crippen molar-refractivity contribution in [2.75, 3.05) is 33.2 Å². The number of benzene rings is 1. The number of ether oxygens (including phenoxy) is 3. The largest absolute Gasteiger partial charge is 0.493 e. The summed E-state index contributed by atoms with van der Waals surface area (Å²) in [6.45, 7) is 0.695. The van der Waals surface area contributed by atoms with Crippen LogP contribution in [-0.4, -0.2) is 45.9 Å². The van der Waals surface area contributed by atoms with Crippen LogP contribution in [0.2, 0.25) is 0 Å². The lowest BCUT2D eigenvalue weighted by atomic mass is 10.2. The standard InChI is InChI=1S/C14H20N2O4/c1-18-10-7-11(15-8-10)14(17)16-9-4-5-12(19-2)13(6-9)20-3/h4-6,10-11,15H,7-8H2,1-3H3,(H,16,17). The van der Waals surface area contributed by atoms with E-state index in [4.69, 9.17) is 14.2 Å². The zero-order valence-corrected chi connectivity index (χ0v) is 11.9. The maximum absolute atomic E-state index is 12.1. The van der Waals surface area contributed by atoms with Crippen molar-refractivity contribution in [2.45, 2.75) is 18.6 Å². The molecule has 0 saturated carbocycles. The average molecular weight is 280 g/mol. The lowest BCUT2D eigenvalue weighted by Crippen LogP contribution is -2.35. The van der Waals surface area contributed by atoms with E-state index < -0.39 is 0 Å². The van der Waals surface area contributed by atoms with Crippen LogP contribution in [0.3, 0.4) is 0 Å². The minimum Gasteiger partial charge on any atom is -0.493 e. The van der Waals surface area contributed by atoms with Gasteiger partial charge in [0.15, 0.2) is 11.5 Å². The van der Waals surface area contributed by atoms with Gasteiger partial charge in [-0.05, 0) is 18.6 Å². The van der Waals surface area contributed by atoms with Crippen LogP contribution in [0.4, 0.5) is 5.69 Å². The smallest absolute Gasteiger partial charge is 0.241 e. The van der Waals surface area contributed by atoms with E-state index in [9.17, 15) is 4.79 Å². The highest BCUT2D eigenvalue weighted by molar-refractivity contribution is 5.95. The van der Waals surface area contributed by atoms with Crippen LogP contribution in [0.15, 0.2) is 18.2 Å². The second-order valence-corrected chi connectivity index (χ2v) is 4.61. The monoisotopic (exact) mass is 280 g/mol. The van der Waals surface area contributed by atoms with Crippen molar-refractivity contribution in [3.63, 3.8) is 0 Å². The summed E-state index contributed by atoms with van der Waals surface area (Å²) >= 11 is 0. The van der Waals surface area contributed by atoms with Crippen LogP contribution < -0.4 is 20.1 Å². The van der Waals surface area contributed by atoms with Crippen LogP contribution in [0.5, 0.6) is 11.5 Å². The van der Waals surface area contributed by atoms with Crippen LogP contribution >= 0.6 is 0 Å². The number of nitrogens with one attached hydrogen (secondary N) is 2. The maximum atomic E-state index is 12.1. The molecule has 20 heavy (non-hydrogen) atoms. The summed E-state index contributed by atoms with van der Waals surface area (Å²) < 4.78 is 15.6. The summed E-state index contributed by atoms with van der Waals surface area (Å²) in [7, 11) is 4.79. The first-order valence-electron chi connectivity index (χ1n) is 6.47. The highest BCUT2D eigenvalue weighted by Crippen LogP contribution is 2.29. The van der Waals surface area contributed by atoms with Crippen molar-refractivity contribution < 1.29 is 19.0 Å². The molecule has 1 fully saturated rings. The lowest BCUT2D eigenvalue weighted by Gasteiger charge is -2.13. The Hall–Kier alpha value is -1.79. The molecule has 2 N–H and O–H groups in total. The Labute approximate surface area is 118 Å². The Morgan fingerprint density at radius 3 is 2.60 bits per heavy atom. The van der Waals surface area contributed by atoms with Crippen LogP contribution in [0, 0.1) is 0 Å². The van der Waals surface area contributed by atoms with Gasteiger partial charge in [-0.3, -0.25) is 4.79 Å². The molecule has 0 bridgehead atoms. The molecule has 1 amide bonds. The van der Waals surface area contributed by atoms with Gasteiger partial charge in [0.25, 0.3) is 0 Å². The summed E-state index contributed by atoms with van der Waals surface area (Å²) in [6.07, 6.45) is 0.770. The van der Waals surface area contributed by atoms with Crippen LogP contribution in [-0.2, 0) is 9.53 Å². The molecule has 0 aromatic heterocycles. The summed E-state index contributed by atoms with van der Waals surface area (Å²) in [4.78, 5) is 12.1. The van der Waals surface area contributed by atoms with E-state index in [0.717, 1.165) is 0 Å². The minimum absolute atomic E-state index is 0.0724. The quantitative estimate of drug-likeness (QED) is 0.843. The molecule has 1 heterocycles. The molecule has 1 aromatic carbocycles. The first-order chi connectivity index (χ1) is 9.67. The van der Waals surface area contributed by atoms with Crippen molar-refractivity contribution in [3.05, 3.63) is 18.2 Å². The molecular weight excluding hydrogens is 260 g/mol. The van der Waals surface area contributed by atoms with Gasteiger partial charge < -0.3 is 24.8 Å². The fraction of sp³-hybridized carbons (Fsp3) is 0.500. The van der Waals surface area contributed by atoms with Crippen molar-refractivity contribution >= 4 is 11.6 Å². The Kier molecular flexibility index (Phi) is 4.81. The van der Waals surface area contributed by atoms with Gasteiger partial charge in [-0.15, -0.1) is 0 Å². The molecule has 0 radical (unpaired) electrons. The van der Waals surface area contributed by atoms with E-state index >= 15 is 0 Å². The second kappa shape index (κ2) is 6.58. The predicted octanol–water partition coefficient (Wildman–Crippen LogP) is 1.02. The summed E-state index contributed by atoms with van der Waals surface area (Å²) in [5.74, 6) is 1.14. The van der Waals surface area contributed by atoms with Crippen molar-refractivity contribution in [2.24, 2.45) is 0 Å². The summed E-state index contributed by atoms with van der Waals surface area (Å²) in [5.41, 5.74) is 0.676. The molecule has 1 aromatic rings.